The summed E-state index contributed by atoms with van der Waals surface area (Å²) < 4.78 is 14.8. The molecule has 0 aromatic rings. The van der Waals surface area contributed by atoms with E-state index in [0.29, 0.717) is 13.2 Å². The number of carbonyl (C=O) groups excluding carboxylic acids is 2. The average molecular weight is 607 g/mol. The molecule has 0 heterocycles. The maximum absolute atomic E-state index is 11.1. The molecule has 0 N–H and O–H groups in total. The highest BCUT2D eigenvalue weighted by Crippen LogP contribution is 2.10. The molecular formula is C37H82O5. The third-order valence-electron chi connectivity index (χ3n) is 5.42. The fourth-order valence-electron chi connectivity index (χ4n) is 2.70. The van der Waals surface area contributed by atoms with E-state index in [2.05, 4.69) is 83.1 Å². The molecule has 0 aliphatic rings. The van der Waals surface area contributed by atoms with Crippen molar-refractivity contribution in [2.45, 2.75) is 193 Å². The van der Waals surface area contributed by atoms with Gasteiger partial charge in [0.25, 0.3) is 0 Å². The SMILES string of the molecule is CCC.CCC.CCC(C)CC.CCCC(C)CCC.CCCCOC(=O)CCC(=O)OCCC.CCCOCCC. The summed E-state index contributed by atoms with van der Waals surface area (Å²) in [5.41, 5.74) is 0. The summed E-state index contributed by atoms with van der Waals surface area (Å²) in [7, 11) is 0. The molecule has 0 bridgehead atoms. The van der Waals surface area contributed by atoms with E-state index >= 15 is 0 Å². The smallest absolute Gasteiger partial charge is 0.306 e. The van der Waals surface area contributed by atoms with Crippen LogP contribution in [-0.2, 0) is 23.8 Å². The predicted molar refractivity (Wildman–Crippen MR) is 188 cm³/mol. The summed E-state index contributed by atoms with van der Waals surface area (Å²) in [6, 6.07) is 0. The van der Waals surface area contributed by atoms with Crippen LogP contribution in [0.1, 0.15) is 193 Å². The summed E-state index contributed by atoms with van der Waals surface area (Å²) >= 11 is 0. The molecule has 0 aromatic carbocycles. The van der Waals surface area contributed by atoms with E-state index < -0.39 is 0 Å². The van der Waals surface area contributed by atoms with Gasteiger partial charge in [-0.05, 0) is 37.5 Å². The highest BCUT2D eigenvalue weighted by Gasteiger charge is 2.08. The number of ether oxygens (including phenoxy) is 3. The molecule has 5 heteroatoms. The van der Waals surface area contributed by atoms with Gasteiger partial charge in [0, 0.05) is 13.2 Å². The first-order valence-corrected chi connectivity index (χ1v) is 18.0. The quantitative estimate of drug-likeness (QED) is 0.115. The molecule has 0 rings (SSSR count). The van der Waals surface area contributed by atoms with Gasteiger partial charge in [-0.25, -0.2) is 0 Å². The second kappa shape index (κ2) is 55.8. The van der Waals surface area contributed by atoms with Crippen molar-refractivity contribution < 1.29 is 23.8 Å². The lowest BCUT2D eigenvalue weighted by molar-refractivity contribution is -0.150. The number of rotatable bonds is 18. The standard InChI is InChI=1S/C11H20O4.C8H18.C6H14O.C6H14.2C3H8/c1-3-5-9-15-11(13)7-6-10(12)14-8-4-2;1-4-6-8(3)7-5-2;1-3-5-7-6-4-2;1-4-6(3)5-2;2*1-3-2/h3-9H2,1-2H3;8H,4-7H2,1-3H3;3-6H2,1-2H3;6H,4-5H2,1-3H3;2*3H2,1-2H3. The highest BCUT2D eigenvalue weighted by atomic mass is 16.5. The molecule has 0 aromatic heterocycles. The van der Waals surface area contributed by atoms with Gasteiger partial charge in [-0.3, -0.25) is 9.59 Å². The van der Waals surface area contributed by atoms with Crippen molar-refractivity contribution >= 4 is 11.9 Å². The lowest BCUT2D eigenvalue weighted by Gasteiger charge is -2.05. The Balaban J connectivity index is -0.000000102. The summed E-state index contributed by atoms with van der Waals surface area (Å²) in [5.74, 6) is 1.25. The minimum atomic E-state index is -0.329. The topological polar surface area (TPSA) is 61.8 Å². The van der Waals surface area contributed by atoms with Crippen LogP contribution in [0.15, 0.2) is 0 Å². The molecule has 0 saturated heterocycles. The van der Waals surface area contributed by atoms with E-state index in [1.54, 1.807) is 0 Å². The fourth-order valence-corrected chi connectivity index (χ4v) is 2.70. The molecule has 42 heavy (non-hydrogen) atoms. The minimum Gasteiger partial charge on any atom is -0.466 e. The first kappa shape index (κ1) is 53.5. The van der Waals surface area contributed by atoms with Gasteiger partial charge in [0.05, 0.1) is 26.1 Å². The summed E-state index contributed by atoms with van der Waals surface area (Å²) in [5, 5.41) is 0. The Labute approximate surface area is 267 Å². The Hall–Kier alpha value is -1.10. The van der Waals surface area contributed by atoms with Crippen molar-refractivity contribution in [1.82, 2.24) is 0 Å². The molecule has 0 aliphatic heterocycles. The number of carbonyl (C=O) groups is 2. The maximum atomic E-state index is 11.1. The van der Waals surface area contributed by atoms with Crippen molar-refractivity contribution in [2.75, 3.05) is 26.4 Å². The van der Waals surface area contributed by atoms with Crippen molar-refractivity contribution in [3.63, 3.8) is 0 Å². The molecule has 0 spiro atoms. The van der Waals surface area contributed by atoms with Gasteiger partial charge < -0.3 is 14.2 Å². The zero-order valence-corrected chi connectivity index (χ0v) is 31.6. The monoisotopic (exact) mass is 607 g/mol. The summed E-state index contributed by atoms with van der Waals surface area (Å²) in [6.07, 6.45) is 15.8. The van der Waals surface area contributed by atoms with Crippen LogP contribution >= 0.6 is 0 Å². The largest absolute Gasteiger partial charge is 0.466 e. The first-order valence-electron chi connectivity index (χ1n) is 18.0. The zero-order chi connectivity index (χ0) is 33.9. The van der Waals surface area contributed by atoms with Crippen LogP contribution in [0, 0.1) is 11.8 Å². The Morgan fingerprint density at radius 3 is 1.10 bits per heavy atom. The van der Waals surface area contributed by atoms with E-state index in [4.69, 9.17) is 14.2 Å². The Bertz CT molecular complexity index is 424. The molecule has 0 radical (unpaired) electrons. The van der Waals surface area contributed by atoms with Crippen LogP contribution < -0.4 is 0 Å². The number of hydrogen-bond acceptors (Lipinski definition) is 5. The van der Waals surface area contributed by atoms with Gasteiger partial charge in [0.15, 0.2) is 0 Å². The van der Waals surface area contributed by atoms with Crippen LogP contribution in [0.5, 0.6) is 0 Å². The normalized spacial score (nSPS) is 9.33. The van der Waals surface area contributed by atoms with Gasteiger partial charge in [-0.1, -0.05) is 155 Å². The lowest BCUT2D eigenvalue weighted by atomic mass is 10.0. The fraction of sp³-hybridized carbons (Fsp3) is 0.946. The minimum absolute atomic E-state index is 0.116. The number of hydrogen-bond donors (Lipinski definition) is 0. The van der Waals surface area contributed by atoms with Crippen LogP contribution in [0.25, 0.3) is 0 Å². The third-order valence-corrected chi connectivity index (χ3v) is 5.42. The molecule has 0 aliphatic carbocycles. The second-order valence-corrected chi connectivity index (χ2v) is 10.9. The van der Waals surface area contributed by atoms with E-state index in [1.165, 1.54) is 51.4 Å². The Morgan fingerprint density at radius 1 is 0.476 bits per heavy atom. The summed E-state index contributed by atoms with van der Waals surface area (Å²) in [4.78, 5) is 22.1. The molecule has 0 fully saturated rings. The first-order chi connectivity index (χ1) is 20.1. The van der Waals surface area contributed by atoms with Gasteiger partial charge in [0.1, 0.15) is 0 Å². The Kier molecular flexibility index (Phi) is 71.0. The number of esters is 2. The van der Waals surface area contributed by atoms with E-state index in [0.717, 1.165) is 57.2 Å². The van der Waals surface area contributed by atoms with Gasteiger partial charge in [-0.15, -0.1) is 0 Å². The lowest BCUT2D eigenvalue weighted by Crippen LogP contribution is -2.11. The molecule has 0 amide bonds. The van der Waals surface area contributed by atoms with Crippen LogP contribution in [0.3, 0.4) is 0 Å². The van der Waals surface area contributed by atoms with Crippen LogP contribution in [-0.4, -0.2) is 38.4 Å². The molecule has 260 valence electrons. The van der Waals surface area contributed by atoms with Crippen LogP contribution in [0.4, 0.5) is 0 Å². The molecular weight excluding hydrogens is 524 g/mol. The van der Waals surface area contributed by atoms with Gasteiger partial charge >= 0.3 is 11.9 Å². The maximum Gasteiger partial charge on any atom is 0.306 e. The van der Waals surface area contributed by atoms with Crippen molar-refractivity contribution in [3.05, 3.63) is 0 Å². The van der Waals surface area contributed by atoms with Crippen molar-refractivity contribution in [1.29, 1.82) is 0 Å². The number of unbranched alkanes of at least 4 members (excludes halogenated alkanes) is 1. The predicted octanol–water partition coefficient (Wildman–Crippen LogP) is 12.4. The van der Waals surface area contributed by atoms with E-state index in [1.807, 2.05) is 13.8 Å². The van der Waals surface area contributed by atoms with Crippen molar-refractivity contribution in [2.24, 2.45) is 11.8 Å². The Morgan fingerprint density at radius 2 is 0.833 bits per heavy atom. The van der Waals surface area contributed by atoms with Crippen LogP contribution in [0.2, 0.25) is 0 Å². The van der Waals surface area contributed by atoms with E-state index in [-0.39, 0.29) is 24.8 Å². The average Bonchev–Trinajstić information content (AvgIpc) is 2.97. The molecule has 5 nitrogen and oxygen atoms in total. The second-order valence-electron chi connectivity index (χ2n) is 10.9. The van der Waals surface area contributed by atoms with Gasteiger partial charge in [0.2, 0.25) is 0 Å². The molecule has 0 atom stereocenters. The zero-order valence-electron chi connectivity index (χ0n) is 31.6. The molecule has 0 saturated carbocycles. The summed E-state index contributed by atoms with van der Waals surface area (Å²) in [6.45, 7) is 33.0. The third kappa shape index (κ3) is 77.2. The van der Waals surface area contributed by atoms with E-state index in [9.17, 15) is 9.59 Å². The van der Waals surface area contributed by atoms with Crippen molar-refractivity contribution in [3.8, 4) is 0 Å². The highest BCUT2D eigenvalue weighted by molar-refractivity contribution is 5.77. The molecule has 0 unspecified atom stereocenters. The van der Waals surface area contributed by atoms with Gasteiger partial charge in [-0.2, -0.15) is 0 Å².